The Morgan fingerprint density at radius 1 is 1.00 bits per heavy atom. The van der Waals surface area contributed by atoms with Crippen LogP contribution in [-0.4, -0.2) is 77.9 Å². The van der Waals surface area contributed by atoms with Crippen LogP contribution >= 0.6 is 0 Å². The molecule has 1 aromatic rings. The van der Waals surface area contributed by atoms with Gasteiger partial charge < -0.3 is 19.9 Å². The number of benzene rings is 1. The maximum absolute atomic E-state index is 13.5. The molecule has 1 saturated carbocycles. The van der Waals surface area contributed by atoms with Crippen LogP contribution in [0.1, 0.15) is 74.7 Å². The van der Waals surface area contributed by atoms with Crippen LogP contribution in [0.4, 0.5) is 0 Å². The number of nitrogens with zero attached hydrogens (tertiary/aromatic N) is 2. The molecule has 0 bridgehead atoms. The van der Waals surface area contributed by atoms with Crippen molar-refractivity contribution in [3.8, 4) is 0 Å². The molecule has 7 nitrogen and oxygen atoms in total. The number of carbonyl (C=O) groups is 3. The molecule has 3 aliphatic heterocycles. The van der Waals surface area contributed by atoms with E-state index in [2.05, 4.69) is 22.3 Å². The fraction of sp³-hybridized carbons (Fsp3) is 0.667. The Bertz CT molecular complexity index is 942. The fourth-order valence-electron chi connectivity index (χ4n) is 5.81. The van der Waals surface area contributed by atoms with Crippen LogP contribution in [0.25, 0.3) is 0 Å². The second kappa shape index (κ2) is 9.08. The lowest BCUT2D eigenvalue weighted by molar-refractivity contribution is -0.140. The van der Waals surface area contributed by atoms with Crippen molar-refractivity contribution in [2.24, 2.45) is 5.41 Å². The first-order chi connectivity index (χ1) is 16.2. The summed E-state index contributed by atoms with van der Waals surface area (Å²) in [5.41, 5.74) is 1.35. The van der Waals surface area contributed by atoms with E-state index in [1.807, 2.05) is 32.9 Å². The highest BCUT2D eigenvalue weighted by atomic mass is 16.5. The van der Waals surface area contributed by atoms with Gasteiger partial charge in [-0.15, -0.1) is 0 Å². The van der Waals surface area contributed by atoms with Gasteiger partial charge >= 0.3 is 0 Å². The van der Waals surface area contributed by atoms with Crippen molar-refractivity contribution >= 4 is 17.6 Å². The first-order valence-corrected chi connectivity index (χ1v) is 12.8. The van der Waals surface area contributed by atoms with E-state index in [1.165, 1.54) is 44.3 Å². The summed E-state index contributed by atoms with van der Waals surface area (Å²) in [7, 11) is 0. The van der Waals surface area contributed by atoms with Crippen molar-refractivity contribution in [2.75, 3.05) is 26.2 Å². The fourth-order valence-corrected chi connectivity index (χ4v) is 5.81. The second-order valence-electron chi connectivity index (χ2n) is 11.5. The topological polar surface area (TPSA) is 79.0 Å². The summed E-state index contributed by atoms with van der Waals surface area (Å²) in [6, 6.07) is 7.49. The van der Waals surface area contributed by atoms with E-state index in [1.54, 1.807) is 4.90 Å². The van der Waals surface area contributed by atoms with E-state index in [0.29, 0.717) is 24.4 Å². The molecule has 7 heteroatoms. The van der Waals surface area contributed by atoms with Crippen LogP contribution in [-0.2, 0) is 14.3 Å². The van der Waals surface area contributed by atoms with E-state index < -0.39 is 17.5 Å². The number of hydrogen-bond donors (Lipinski definition) is 1. The number of piperidine rings is 1. The zero-order valence-electron chi connectivity index (χ0n) is 20.6. The summed E-state index contributed by atoms with van der Waals surface area (Å²) in [5, 5.41) is 2.98. The molecule has 4 aliphatic rings. The Kier molecular flexibility index (Phi) is 6.27. The second-order valence-corrected chi connectivity index (χ2v) is 11.5. The molecule has 0 unspecified atom stereocenters. The molecule has 4 fully saturated rings. The monoisotopic (exact) mass is 467 g/mol. The summed E-state index contributed by atoms with van der Waals surface area (Å²) < 4.78 is 5.53. The third-order valence-electron chi connectivity index (χ3n) is 8.02. The Hall–Kier alpha value is -2.25. The quantitative estimate of drug-likeness (QED) is 0.721. The highest BCUT2D eigenvalue weighted by Crippen LogP contribution is 2.35. The van der Waals surface area contributed by atoms with E-state index in [0.717, 1.165) is 6.04 Å². The number of likely N-dealkylation sites (tertiary alicyclic amines) is 2. The Labute approximate surface area is 202 Å². The van der Waals surface area contributed by atoms with E-state index in [4.69, 9.17) is 4.74 Å². The predicted molar refractivity (Wildman–Crippen MR) is 129 cm³/mol. The number of ketones is 1. The highest BCUT2D eigenvalue weighted by Gasteiger charge is 2.49. The van der Waals surface area contributed by atoms with Gasteiger partial charge in [0.2, 0.25) is 5.91 Å². The number of rotatable bonds is 5. The summed E-state index contributed by atoms with van der Waals surface area (Å²) in [4.78, 5) is 43.2. The lowest BCUT2D eigenvalue weighted by Crippen LogP contribution is -2.57. The van der Waals surface area contributed by atoms with Crippen LogP contribution in [0.5, 0.6) is 0 Å². The van der Waals surface area contributed by atoms with E-state index >= 15 is 0 Å². The minimum atomic E-state index is -0.724. The molecule has 0 spiro atoms. The van der Waals surface area contributed by atoms with E-state index in [9.17, 15) is 14.4 Å². The van der Waals surface area contributed by atoms with Crippen molar-refractivity contribution in [2.45, 2.75) is 83.0 Å². The SMILES string of the molecule is CC(C)(C)[C@H](NC(=O)c1ccc(C2CCN(C3CC3)CC2)cc1)C(=O)N1CC[C@H]2OCC(=O)[C@H]21. The molecule has 1 N–H and O–H groups in total. The molecular formula is C27H37N3O4. The number of nitrogens with one attached hydrogen (secondary N) is 1. The molecule has 0 radical (unpaired) electrons. The smallest absolute Gasteiger partial charge is 0.251 e. The largest absolute Gasteiger partial charge is 0.368 e. The standard InChI is InChI=1S/C27H37N3O4/c1-27(2,3)24(26(33)30-15-12-22-23(30)21(31)16-34-22)28-25(32)19-6-4-17(5-7-19)18-10-13-29(14-11-18)20-8-9-20/h4-7,18,20,22-24H,8-16H2,1-3H3,(H,28,32)/t22-,23-,24-/m1/s1. The molecule has 0 aromatic heterocycles. The van der Waals surface area contributed by atoms with Crippen molar-refractivity contribution in [3.63, 3.8) is 0 Å². The van der Waals surface area contributed by atoms with Gasteiger partial charge in [-0.3, -0.25) is 14.4 Å². The summed E-state index contributed by atoms with van der Waals surface area (Å²) >= 11 is 0. The van der Waals surface area contributed by atoms with Crippen molar-refractivity contribution in [1.29, 1.82) is 0 Å². The maximum atomic E-state index is 13.5. The van der Waals surface area contributed by atoms with Crippen molar-refractivity contribution < 1.29 is 19.1 Å². The lowest BCUT2D eigenvalue weighted by Gasteiger charge is -2.35. The number of hydrogen-bond acceptors (Lipinski definition) is 5. The number of amides is 2. The molecule has 1 aliphatic carbocycles. The zero-order chi connectivity index (χ0) is 24.0. The van der Waals surface area contributed by atoms with Crippen LogP contribution in [0.15, 0.2) is 24.3 Å². The third-order valence-corrected chi connectivity index (χ3v) is 8.02. The summed E-state index contributed by atoms with van der Waals surface area (Å²) in [6.07, 6.45) is 5.50. The van der Waals surface area contributed by atoms with Crippen molar-refractivity contribution in [1.82, 2.24) is 15.1 Å². The Morgan fingerprint density at radius 2 is 1.68 bits per heavy atom. The first kappa shape index (κ1) is 23.5. The van der Waals surface area contributed by atoms with Gasteiger partial charge in [0.05, 0.1) is 6.10 Å². The van der Waals surface area contributed by atoms with Crippen LogP contribution < -0.4 is 5.32 Å². The highest BCUT2D eigenvalue weighted by molar-refractivity contribution is 5.99. The normalized spacial score (nSPS) is 27.0. The predicted octanol–water partition coefficient (Wildman–Crippen LogP) is 2.74. The average molecular weight is 468 g/mol. The molecular weight excluding hydrogens is 430 g/mol. The molecule has 3 heterocycles. The van der Waals surface area contributed by atoms with Gasteiger partial charge in [0.1, 0.15) is 18.7 Å². The Balaban J connectivity index is 1.24. The number of fused-ring (bicyclic) bond motifs is 1. The van der Waals surface area contributed by atoms with Gasteiger partial charge in [-0.1, -0.05) is 32.9 Å². The summed E-state index contributed by atoms with van der Waals surface area (Å²) in [6.45, 7) is 8.69. The van der Waals surface area contributed by atoms with Crippen molar-refractivity contribution in [3.05, 3.63) is 35.4 Å². The Morgan fingerprint density at radius 3 is 2.29 bits per heavy atom. The molecule has 3 atom stereocenters. The lowest BCUT2D eigenvalue weighted by atomic mass is 9.85. The van der Waals surface area contributed by atoms with Gasteiger partial charge in [0, 0.05) is 18.2 Å². The van der Waals surface area contributed by atoms with Gasteiger partial charge in [-0.05, 0) is 74.2 Å². The minimum absolute atomic E-state index is 0.0478. The molecule has 34 heavy (non-hydrogen) atoms. The van der Waals surface area contributed by atoms with Gasteiger partial charge in [0.15, 0.2) is 5.78 Å². The minimum Gasteiger partial charge on any atom is -0.368 e. The molecule has 5 rings (SSSR count). The molecule has 2 amide bonds. The van der Waals surface area contributed by atoms with Gasteiger partial charge in [0.25, 0.3) is 5.91 Å². The molecule has 184 valence electrons. The third kappa shape index (κ3) is 4.65. The summed E-state index contributed by atoms with van der Waals surface area (Å²) in [5.74, 6) is 0.0399. The van der Waals surface area contributed by atoms with Gasteiger partial charge in [-0.2, -0.15) is 0 Å². The average Bonchev–Trinajstić information content (AvgIpc) is 3.48. The molecule has 3 saturated heterocycles. The maximum Gasteiger partial charge on any atom is 0.251 e. The first-order valence-electron chi connectivity index (χ1n) is 12.8. The van der Waals surface area contributed by atoms with Gasteiger partial charge in [-0.25, -0.2) is 0 Å². The number of ether oxygens (including phenoxy) is 1. The van der Waals surface area contributed by atoms with Crippen LogP contribution in [0, 0.1) is 5.41 Å². The number of Topliss-reactive ketones (excluding diaryl/α,β-unsaturated/α-hetero) is 1. The van der Waals surface area contributed by atoms with Crippen LogP contribution in [0.3, 0.4) is 0 Å². The number of carbonyl (C=O) groups excluding carboxylic acids is 3. The zero-order valence-corrected chi connectivity index (χ0v) is 20.6. The molecule has 1 aromatic carbocycles. The van der Waals surface area contributed by atoms with E-state index in [-0.39, 0.29) is 30.3 Å². The van der Waals surface area contributed by atoms with Crippen LogP contribution in [0.2, 0.25) is 0 Å².